The normalized spacial score (nSPS) is 32.9. The molecule has 1 aromatic rings. The van der Waals surface area contributed by atoms with Gasteiger partial charge in [0.1, 0.15) is 0 Å². The third kappa shape index (κ3) is 1.52. The minimum atomic E-state index is -0.524. The third-order valence-corrected chi connectivity index (χ3v) is 4.23. The number of non-ortho nitro benzene ring substituents is 1. The van der Waals surface area contributed by atoms with Gasteiger partial charge in [-0.2, -0.15) is 0 Å². The number of nitrogens with zero attached hydrogens (tertiary/aromatic N) is 2. The van der Waals surface area contributed by atoms with Crippen LogP contribution in [0.15, 0.2) is 36.4 Å². The molecule has 0 saturated carbocycles. The molecule has 0 spiro atoms. The number of anilines is 1. The fourth-order valence-electron chi connectivity index (χ4n) is 3.28. The van der Waals surface area contributed by atoms with Crippen molar-refractivity contribution in [3.8, 4) is 0 Å². The Kier molecular flexibility index (Phi) is 2.32. The van der Waals surface area contributed by atoms with E-state index in [1.54, 1.807) is 0 Å². The number of ether oxygens (including phenoxy) is 1. The molecular weight excluding hydrogens is 276 g/mol. The molecule has 0 aromatic heterocycles. The highest BCUT2D eigenvalue weighted by molar-refractivity contribution is 6.23. The maximum Gasteiger partial charge on any atom is 0.269 e. The van der Waals surface area contributed by atoms with Gasteiger partial charge in [-0.1, -0.05) is 12.2 Å². The lowest BCUT2D eigenvalue weighted by atomic mass is 9.85. The number of nitro benzene ring substituents is 1. The van der Waals surface area contributed by atoms with Crippen molar-refractivity contribution in [3.05, 3.63) is 46.5 Å². The predicted molar refractivity (Wildman–Crippen MR) is 70.4 cm³/mol. The van der Waals surface area contributed by atoms with Gasteiger partial charge >= 0.3 is 0 Å². The van der Waals surface area contributed by atoms with Gasteiger partial charge in [-0.25, -0.2) is 4.90 Å². The SMILES string of the molecule is O=C1[C@H]2[C@H](C(=O)N1c1ccc([N+](=O)[O-])cc1)[C@H]1C=C[C@H]2O1. The number of benzene rings is 1. The number of amides is 2. The van der Waals surface area contributed by atoms with E-state index < -0.39 is 16.8 Å². The van der Waals surface area contributed by atoms with Crippen LogP contribution in [0.5, 0.6) is 0 Å². The first kappa shape index (κ1) is 12.2. The molecule has 2 saturated heterocycles. The first-order chi connectivity index (χ1) is 10.1. The van der Waals surface area contributed by atoms with Crippen LogP contribution in [0.2, 0.25) is 0 Å². The summed E-state index contributed by atoms with van der Waals surface area (Å²) in [4.78, 5) is 36.2. The second-order valence-electron chi connectivity index (χ2n) is 5.29. The number of rotatable bonds is 2. The van der Waals surface area contributed by atoms with Crippen LogP contribution in [-0.2, 0) is 14.3 Å². The van der Waals surface area contributed by atoms with Crippen molar-refractivity contribution >= 4 is 23.2 Å². The molecule has 3 heterocycles. The zero-order valence-electron chi connectivity index (χ0n) is 10.7. The van der Waals surface area contributed by atoms with E-state index in [1.165, 1.54) is 24.3 Å². The minimum absolute atomic E-state index is 0.0805. The average Bonchev–Trinajstić information content (AvgIpc) is 3.13. The maximum atomic E-state index is 12.5. The van der Waals surface area contributed by atoms with Crippen LogP contribution in [0.3, 0.4) is 0 Å². The van der Waals surface area contributed by atoms with Gasteiger partial charge < -0.3 is 4.74 Å². The van der Waals surface area contributed by atoms with Crippen LogP contribution in [-0.4, -0.2) is 28.9 Å². The van der Waals surface area contributed by atoms with Gasteiger partial charge in [-0.15, -0.1) is 0 Å². The molecule has 3 aliphatic heterocycles. The summed E-state index contributed by atoms with van der Waals surface area (Å²) in [7, 11) is 0. The Morgan fingerprint density at radius 2 is 1.52 bits per heavy atom. The molecule has 2 fully saturated rings. The molecule has 2 bridgehead atoms. The smallest absolute Gasteiger partial charge is 0.269 e. The molecule has 2 amide bonds. The fourth-order valence-corrected chi connectivity index (χ4v) is 3.28. The molecule has 106 valence electrons. The van der Waals surface area contributed by atoms with Gasteiger partial charge in [0.25, 0.3) is 5.69 Å². The van der Waals surface area contributed by atoms with Gasteiger partial charge in [0.15, 0.2) is 0 Å². The Labute approximate surface area is 118 Å². The van der Waals surface area contributed by atoms with Crippen LogP contribution < -0.4 is 4.90 Å². The van der Waals surface area contributed by atoms with Crippen LogP contribution in [0.25, 0.3) is 0 Å². The summed E-state index contributed by atoms with van der Waals surface area (Å²) in [5.74, 6) is -1.53. The molecule has 21 heavy (non-hydrogen) atoms. The highest BCUT2D eigenvalue weighted by Gasteiger charge is 2.60. The van der Waals surface area contributed by atoms with E-state index in [0.29, 0.717) is 5.69 Å². The molecule has 4 atom stereocenters. The van der Waals surface area contributed by atoms with Crippen molar-refractivity contribution in [3.63, 3.8) is 0 Å². The Hall–Kier alpha value is -2.54. The summed E-state index contributed by atoms with van der Waals surface area (Å²) < 4.78 is 5.55. The van der Waals surface area contributed by atoms with E-state index in [4.69, 9.17) is 4.74 Å². The summed E-state index contributed by atoms with van der Waals surface area (Å²) in [6, 6.07) is 5.41. The Balaban J connectivity index is 1.69. The number of hydrogen-bond acceptors (Lipinski definition) is 5. The van der Waals surface area contributed by atoms with Crippen molar-refractivity contribution in [1.29, 1.82) is 0 Å². The van der Waals surface area contributed by atoms with Crippen LogP contribution in [0, 0.1) is 22.0 Å². The minimum Gasteiger partial charge on any atom is -0.365 e. The molecule has 0 unspecified atom stereocenters. The Morgan fingerprint density at radius 3 is 2.00 bits per heavy atom. The Morgan fingerprint density at radius 1 is 1.00 bits per heavy atom. The molecule has 1 aromatic carbocycles. The predicted octanol–water partition coefficient (Wildman–Crippen LogP) is 1.04. The zero-order valence-corrected chi connectivity index (χ0v) is 10.7. The number of hydrogen-bond donors (Lipinski definition) is 0. The molecule has 3 aliphatic rings. The molecule has 0 N–H and O–H groups in total. The van der Waals surface area contributed by atoms with E-state index in [2.05, 4.69) is 0 Å². The molecule has 4 rings (SSSR count). The number of fused-ring (bicyclic) bond motifs is 5. The van der Waals surface area contributed by atoms with E-state index >= 15 is 0 Å². The second kappa shape index (κ2) is 3.98. The van der Waals surface area contributed by atoms with E-state index in [1.807, 2.05) is 12.2 Å². The van der Waals surface area contributed by atoms with Crippen LogP contribution in [0.4, 0.5) is 11.4 Å². The molecule has 7 heteroatoms. The monoisotopic (exact) mass is 286 g/mol. The average molecular weight is 286 g/mol. The quantitative estimate of drug-likeness (QED) is 0.350. The largest absolute Gasteiger partial charge is 0.365 e. The van der Waals surface area contributed by atoms with Gasteiger partial charge in [-0.05, 0) is 12.1 Å². The third-order valence-electron chi connectivity index (χ3n) is 4.23. The highest BCUT2D eigenvalue weighted by Crippen LogP contribution is 2.46. The van der Waals surface area contributed by atoms with Gasteiger partial charge in [-0.3, -0.25) is 19.7 Å². The summed E-state index contributed by atoms with van der Waals surface area (Å²) in [6.45, 7) is 0. The Bertz CT molecular complexity index is 666. The summed E-state index contributed by atoms with van der Waals surface area (Å²) >= 11 is 0. The molecular formula is C14H10N2O5. The summed E-state index contributed by atoms with van der Waals surface area (Å²) in [5.41, 5.74) is 0.285. The van der Waals surface area contributed by atoms with E-state index in [0.717, 1.165) is 4.90 Å². The lowest BCUT2D eigenvalue weighted by Gasteiger charge is -2.17. The van der Waals surface area contributed by atoms with E-state index in [-0.39, 0.29) is 29.7 Å². The van der Waals surface area contributed by atoms with E-state index in [9.17, 15) is 19.7 Å². The molecule has 0 radical (unpaired) electrons. The lowest BCUT2D eigenvalue weighted by molar-refractivity contribution is -0.384. The first-order valence-electron chi connectivity index (χ1n) is 6.54. The number of carbonyl (C=O) groups is 2. The van der Waals surface area contributed by atoms with Crippen molar-refractivity contribution < 1.29 is 19.2 Å². The number of imide groups is 1. The van der Waals surface area contributed by atoms with Crippen molar-refractivity contribution in [2.45, 2.75) is 12.2 Å². The molecule has 7 nitrogen and oxygen atoms in total. The standard InChI is InChI=1S/C14H10N2O5/c17-13-11-9-5-6-10(21-9)12(11)14(18)15(13)7-1-3-8(4-2-7)16(19)20/h1-6,9-12H/t9-,10-,11-,12-/m1/s1. The first-order valence-corrected chi connectivity index (χ1v) is 6.54. The molecule has 0 aliphatic carbocycles. The van der Waals surface area contributed by atoms with Crippen LogP contribution >= 0.6 is 0 Å². The van der Waals surface area contributed by atoms with Crippen molar-refractivity contribution in [2.24, 2.45) is 11.8 Å². The summed E-state index contributed by atoms with van der Waals surface area (Å²) in [5, 5.41) is 10.6. The van der Waals surface area contributed by atoms with Gasteiger partial charge in [0.05, 0.1) is 34.7 Å². The topological polar surface area (TPSA) is 89.8 Å². The van der Waals surface area contributed by atoms with Crippen LogP contribution in [0.1, 0.15) is 0 Å². The number of nitro groups is 1. The van der Waals surface area contributed by atoms with Crippen molar-refractivity contribution in [1.82, 2.24) is 0 Å². The van der Waals surface area contributed by atoms with Gasteiger partial charge in [0.2, 0.25) is 11.8 Å². The second-order valence-corrected chi connectivity index (χ2v) is 5.29. The lowest BCUT2D eigenvalue weighted by Crippen LogP contribution is -2.34. The summed E-state index contributed by atoms with van der Waals surface area (Å²) in [6.07, 6.45) is 2.96. The number of carbonyl (C=O) groups excluding carboxylic acids is 2. The fraction of sp³-hybridized carbons (Fsp3) is 0.286. The maximum absolute atomic E-state index is 12.5. The van der Waals surface area contributed by atoms with Crippen molar-refractivity contribution in [2.75, 3.05) is 4.90 Å². The highest BCUT2D eigenvalue weighted by atomic mass is 16.6. The van der Waals surface area contributed by atoms with Gasteiger partial charge in [0, 0.05) is 12.1 Å². The zero-order chi connectivity index (χ0) is 14.7.